The molecule has 2 N–H and O–H groups in total. The molecule has 4 atom stereocenters. The van der Waals surface area contributed by atoms with Crippen LogP contribution in [0, 0.1) is 23.7 Å². The summed E-state index contributed by atoms with van der Waals surface area (Å²) in [6.07, 6.45) is 3.16. The number of hydrogen-bond acceptors (Lipinski definition) is 4. The van der Waals surface area contributed by atoms with Crippen molar-refractivity contribution in [3.05, 3.63) is 0 Å². The first-order valence-corrected chi connectivity index (χ1v) is 11.3. The van der Waals surface area contributed by atoms with Crippen molar-refractivity contribution in [2.24, 2.45) is 23.7 Å². The molecule has 0 saturated carbocycles. The standard InChI is InChI=1S/C24H44N2O4/c1-21(2)13-11-15(23(5,6)25(21)9)17(19(27)28)18(20(29)30)16-12-14-22(3,4)26(10)24(16,7)8/h15-18H,11-14H2,1-10H3,(H,27,28)(H,29,30). The highest BCUT2D eigenvalue weighted by atomic mass is 16.4. The number of nitrogens with zero attached hydrogens (tertiary/aromatic N) is 2. The molecule has 4 unspecified atom stereocenters. The van der Waals surface area contributed by atoms with E-state index in [1.165, 1.54) is 0 Å². The minimum absolute atomic E-state index is 0.0455. The number of rotatable bonds is 5. The zero-order chi connectivity index (χ0) is 23.4. The average Bonchev–Trinajstić information content (AvgIpc) is 2.58. The summed E-state index contributed by atoms with van der Waals surface area (Å²) in [5.74, 6) is -4.26. The van der Waals surface area contributed by atoms with E-state index in [2.05, 4.69) is 65.2 Å². The molecule has 0 spiro atoms. The highest BCUT2D eigenvalue weighted by Gasteiger charge is 2.58. The van der Waals surface area contributed by atoms with Crippen molar-refractivity contribution in [3.63, 3.8) is 0 Å². The molecular weight excluding hydrogens is 380 g/mol. The highest BCUT2D eigenvalue weighted by Crippen LogP contribution is 2.51. The summed E-state index contributed by atoms with van der Waals surface area (Å²) in [7, 11) is 4.09. The summed E-state index contributed by atoms with van der Waals surface area (Å²) in [5.41, 5.74) is -0.919. The van der Waals surface area contributed by atoms with Crippen LogP contribution in [0.2, 0.25) is 0 Å². The molecule has 2 saturated heterocycles. The van der Waals surface area contributed by atoms with Crippen LogP contribution in [-0.4, -0.2) is 68.2 Å². The predicted molar refractivity (Wildman–Crippen MR) is 120 cm³/mol. The van der Waals surface area contributed by atoms with Crippen LogP contribution in [0.4, 0.5) is 0 Å². The van der Waals surface area contributed by atoms with Crippen LogP contribution in [-0.2, 0) is 9.59 Å². The summed E-state index contributed by atoms with van der Waals surface area (Å²) in [5, 5.41) is 20.7. The lowest BCUT2D eigenvalue weighted by Crippen LogP contribution is -2.66. The van der Waals surface area contributed by atoms with Crippen molar-refractivity contribution in [2.45, 2.75) is 103 Å². The van der Waals surface area contributed by atoms with E-state index in [0.29, 0.717) is 0 Å². The number of carboxylic acids is 2. The molecule has 0 aromatic heterocycles. The minimum Gasteiger partial charge on any atom is -0.481 e. The van der Waals surface area contributed by atoms with Gasteiger partial charge in [0.05, 0.1) is 11.8 Å². The maximum absolute atomic E-state index is 12.7. The molecule has 0 amide bonds. The molecule has 0 bridgehead atoms. The number of likely N-dealkylation sites (tertiary alicyclic amines) is 2. The van der Waals surface area contributed by atoms with Crippen LogP contribution >= 0.6 is 0 Å². The van der Waals surface area contributed by atoms with Crippen molar-refractivity contribution in [1.29, 1.82) is 0 Å². The van der Waals surface area contributed by atoms with Crippen LogP contribution < -0.4 is 0 Å². The summed E-state index contributed by atoms with van der Waals surface area (Å²) in [6, 6.07) is 0. The van der Waals surface area contributed by atoms with Crippen LogP contribution in [0.15, 0.2) is 0 Å². The molecular formula is C24H44N2O4. The zero-order valence-electron chi connectivity index (χ0n) is 20.7. The second-order valence-electron chi connectivity index (χ2n) is 12.1. The zero-order valence-corrected chi connectivity index (χ0v) is 20.7. The van der Waals surface area contributed by atoms with E-state index in [-0.39, 0.29) is 22.9 Å². The molecule has 0 radical (unpaired) electrons. The molecule has 2 aliphatic rings. The third kappa shape index (κ3) is 4.02. The average molecular weight is 425 g/mol. The summed E-state index contributed by atoms with van der Waals surface area (Å²) < 4.78 is 0. The molecule has 6 nitrogen and oxygen atoms in total. The second-order valence-corrected chi connectivity index (χ2v) is 12.1. The van der Waals surface area contributed by atoms with E-state index in [0.717, 1.165) is 25.7 Å². The monoisotopic (exact) mass is 424 g/mol. The smallest absolute Gasteiger partial charge is 0.307 e. The Kier molecular flexibility index (Phi) is 6.51. The first kappa shape index (κ1) is 25.1. The molecule has 2 rings (SSSR count). The van der Waals surface area contributed by atoms with Crippen molar-refractivity contribution >= 4 is 11.9 Å². The maximum atomic E-state index is 12.7. The maximum Gasteiger partial charge on any atom is 0.307 e. The minimum atomic E-state index is -0.975. The van der Waals surface area contributed by atoms with Crippen molar-refractivity contribution in [2.75, 3.05) is 14.1 Å². The van der Waals surface area contributed by atoms with E-state index >= 15 is 0 Å². The van der Waals surface area contributed by atoms with Gasteiger partial charge < -0.3 is 10.2 Å². The molecule has 2 fully saturated rings. The van der Waals surface area contributed by atoms with Crippen molar-refractivity contribution < 1.29 is 19.8 Å². The van der Waals surface area contributed by atoms with Gasteiger partial charge in [-0.1, -0.05) is 0 Å². The fraction of sp³-hybridized carbons (Fsp3) is 0.917. The fourth-order valence-electron chi connectivity index (χ4n) is 6.51. The predicted octanol–water partition coefficient (Wildman–Crippen LogP) is 4.19. The van der Waals surface area contributed by atoms with Gasteiger partial charge in [-0.15, -0.1) is 0 Å². The lowest BCUT2D eigenvalue weighted by atomic mass is 9.58. The first-order chi connectivity index (χ1) is 13.4. The van der Waals surface area contributed by atoms with Gasteiger partial charge in [0.15, 0.2) is 0 Å². The van der Waals surface area contributed by atoms with Crippen LogP contribution in [0.3, 0.4) is 0 Å². The summed E-state index contributed by atoms with van der Waals surface area (Å²) in [6.45, 7) is 17.0. The lowest BCUT2D eigenvalue weighted by Gasteiger charge is -2.59. The van der Waals surface area contributed by atoms with E-state index < -0.39 is 34.9 Å². The molecule has 174 valence electrons. The Morgan fingerprint density at radius 2 is 0.967 bits per heavy atom. The largest absolute Gasteiger partial charge is 0.481 e. The van der Waals surface area contributed by atoms with Gasteiger partial charge in [-0.25, -0.2) is 0 Å². The Labute approximate surface area is 183 Å². The first-order valence-electron chi connectivity index (χ1n) is 11.3. The van der Waals surface area contributed by atoms with Crippen LogP contribution in [0.1, 0.15) is 81.1 Å². The molecule has 0 aromatic rings. The second kappa shape index (κ2) is 7.77. The van der Waals surface area contributed by atoms with Gasteiger partial charge in [-0.05, 0) is 107 Å². The fourth-order valence-corrected chi connectivity index (χ4v) is 6.51. The van der Waals surface area contributed by atoms with Crippen molar-refractivity contribution in [1.82, 2.24) is 9.80 Å². The van der Waals surface area contributed by atoms with Gasteiger partial charge in [-0.2, -0.15) is 0 Å². The Morgan fingerprint density at radius 3 is 1.20 bits per heavy atom. The number of aliphatic carboxylic acids is 2. The van der Waals surface area contributed by atoms with E-state index in [9.17, 15) is 19.8 Å². The molecule has 6 heteroatoms. The number of piperidine rings is 2. The van der Waals surface area contributed by atoms with E-state index in [1.54, 1.807) is 0 Å². The lowest BCUT2D eigenvalue weighted by molar-refractivity contribution is -0.173. The van der Waals surface area contributed by atoms with Crippen LogP contribution in [0.25, 0.3) is 0 Å². The molecule has 2 heterocycles. The Morgan fingerprint density at radius 1 is 0.700 bits per heavy atom. The quantitative estimate of drug-likeness (QED) is 0.689. The van der Waals surface area contributed by atoms with Gasteiger partial charge in [0.2, 0.25) is 0 Å². The highest BCUT2D eigenvalue weighted by molar-refractivity contribution is 5.81. The number of carbonyl (C=O) groups is 2. The number of hydrogen-bond donors (Lipinski definition) is 2. The van der Waals surface area contributed by atoms with Gasteiger partial charge >= 0.3 is 11.9 Å². The molecule has 0 aliphatic carbocycles. The number of carboxylic acid groups (broad SMARTS) is 2. The summed E-state index contributed by atoms with van der Waals surface area (Å²) in [4.78, 5) is 29.8. The third-order valence-corrected chi connectivity index (χ3v) is 9.32. The molecule has 2 aliphatic heterocycles. The summed E-state index contributed by atoms with van der Waals surface area (Å²) >= 11 is 0. The Hall–Kier alpha value is -1.14. The molecule has 30 heavy (non-hydrogen) atoms. The SMILES string of the molecule is CN1C(C)(C)CCC(C(C(=O)O)C(C(=O)O)C2CCC(C)(C)N(C)C2(C)C)C1(C)C. The van der Waals surface area contributed by atoms with Crippen LogP contribution in [0.5, 0.6) is 0 Å². The van der Waals surface area contributed by atoms with Crippen molar-refractivity contribution in [3.8, 4) is 0 Å². The Balaban J connectivity index is 2.53. The topological polar surface area (TPSA) is 81.1 Å². The third-order valence-electron chi connectivity index (χ3n) is 9.32. The van der Waals surface area contributed by atoms with E-state index in [4.69, 9.17) is 0 Å². The van der Waals surface area contributed by atoms with Gasteiger partial charge in [0, 0.05) is 22.2 Å². The normalized spacial score (nSPS) is 32.9. The van der Waals surface area contributed by atoms with E-state index in [1.807, 2.05) is 14.1 Å². The Bertz CT molecular complexity index is 625. The van der Waals surface area contributed by atoms with Gasteiger partial charge in [-0.3, -0.25) is 19.4 Å². The van der Waals surface area contributed by atoms with Gasteiger partial charge in [0.1, 0.15) is 0 Å². The molecule has 0 aromatic carbocycles. The van der Waals surface area contributed by atoms with Gasteiger partial charge in [0.25, 0.3) is 0 Å².